The lowest BCUT2D eigenvalue weighted by Crippen LogP contribution is -2.27. The van der Waals surface area contributed by atoms with Crippen LogP contribution in [0.5, 0.6) is 0 Å². The number of ether oxygens (including phenoxy) is 1. The van der Waals surface area contributed by atoms with Crippen molar-refractivity contribution in [1.82, 2.24) is 10.3 Å². The summed E-state index contributed by atoms with van der Waals surface area (Å²) in [5, 5.41) is 7.40. The fourth-order valence-corrected chi connectivity index (χ4v) is 2.44. The van der Waals surface area contributed by atoms with Gasteiger partial charge in [-0.15, -0.1) is 11.3 Å². The molecule has 1 heterocycles. The van der Waals surface area contributed by atoms with Gasteiger partial charge in [-0.2, -0.15) is 0 Å². The standard InChI is InChI=1S/C15H17N3O3S/c1-21-8-7-16-14(20)12-10-22-15(17-12)18-13(19)9-11-5-3-2-4-6-11/h2-6,10H,7-9H2,1H3,(H,16,20)(H,17,18,19). The number of carbonyl (C=O) groups excluding carboxylic acids is 2. The van der Waals surface area contributed by atoms with Gasteiger partial charge in [0.05, 0.1) is 13.0 Å². The summed E-state index contributed by atoms with van der Waals surface area (Å²) in [7, 11) is 1.56. The zero-order valence-electron chi connectivity index (χ0n) is 12.2. The first-order chi connectivity index (χ1) is 10.7. The molecule has 0 unspecified atom stereocenters. The van der Waals surface area contributed by atoms with E-state index < -0.39 is 0 Å². The third-order valence-corrected chi connectivity index (χ3v) is 3.54. The highest BCUT2D eigenvalue weighted by Crippen LogP contribution is 2.15. The quantitative estimate of drug-likeness (QED) is 0.761. The summed E-state index contributed by atoms with van der Waals surface area (Å²) in [6.45, 7) is 0.860. The minimum atomic E-state index is -0.281. The van der Waals surface area contributed by atoms with Gasteiger partial charge in [-0.1, -0.05) is 30.3 Å². The highest BCUT2D eigenvalue weighted by molar-refractivity contribution is 7.14. The molecule has 7 heteroatoms. The molecule has 1 aromatic heterocycles. The second-order valence-corrected chi connectivity index (χ2v) is 5.36. The average molecular weight is 319 g/mol. The molecule has 1 aromatic carbocycles. The Morgan fingerprint density at radius 1 is 1.27 bits per heavy atom. The van der Waals surface area contributed by atoms with E-state index >= 15 is 0 Å². The molecule has 6 nitrogen and oxygen atoms in total. The first kappa shape index (κ1) is 16.1. The van der Waals surface area contributed by atoms with Crippen molar-refractivity contribution in [3.8, 4) is 0 Å². The molecule has 0 aliphatic rings. The van der Waals surface area contributed by atoms with Gasteiger partial charge in [-0.25, -0.2) is 4.98 Å². The number of rotatable bonds is 7. The predicted octanol–water partition coefficient (Wildman–Crippen LogP) is 1.70. The van der Waals surface area contributed by atoms with Crippen LogP contribution in [0.4, 0.5) is 5.13 Å². The molecule has 116 valence electrons. The number of nitrogens with zero attached hydrogens (tertiary/aromatic N) is 1. The third-order valence-electron chi connectivity index (χ3n) is 2.78. The second-order valence-electron chi connectivity index (χ2n) is 4.50. The van der Waals surface area contributed by atoms with Crippen molar-refractivity contribution in [3.05, 3.63) is 47.0 Å². The normalized spacial score (nSPS) is 10.2. The van der Waals surface area contributed by atoms with E-state index in [9.17, 15) is 9.59 Å². The molecular weight excluding hydrogens is 302 g/mol. The Labute approximate surface area is 132 Å². The van der Waals surface area contributed by atoms with Crippen LogP contribution in [0, 0.1) is 0 Å². The van der Waals surface area contributed by atoms with Crippen LogP contribution in [-0.2, 0) is 16.0 Å². The summed E-state index contributed by atoms with van der Waals surface area (Å²) in [5.41, 5.74) is 1.21. The van der Waals surface area contributed by atoms with Crippen LogP contribution in [0.25, 0.3) is 0 Å². The SMILES string of the molecule is COCCNC(=O)c1csc(NC(=O)Cc2ccccc2)n1. The minimum absolute atomic E-state index is 0.160. The van der Waals surface area contributed by atoms with Crippen LogP contribution in [0.15, 0.2) is 35.7 Å². The molecule has 2 amide bonds. The van der Waals surface area contributed by atoms with Gasteiger partial charge in [0.15, 0.2) is 5.13 Å². The van der Waals surface area contributed by atoms with Crippen molar-refractivity contribution >= 4 is 28.3 Å². The number of hydrogen-bond donors (Lipinski definition) is 2. The molecule has 2 aromatic rings. The van der Waals surface area contributed by atoms with E-state index in [4.69, 9.17) is 4.74 Å². The number of nitrogens with one attached hydrogen (secondary N) is 2. The maximum atomic E-state index is 11.9. The van der Waals surface area contributed by atoms with Gasteiger partial charge in [0.2, 0.25) is 5.91 Å². The number of anilines is 1. The van der Waals surface area contributed by atoms with Crippen molar-refractivity contribution in [2.45, 2.75) is 6.42 Å². The maximum absolute atomic E-state index is 11.9. The van der Waals surface area contributed by atoms with Crippen LogP contribution in [0.2, 0.25) is 0 Å². The molecule has 2 rings (SSSR count). The second kappa shape index (κ2) is 8.26. The minimum Gasteiger partial charge on any atom is -0.383 e. The number of aromatic nitrogens is 1. The largest absolute Gasteiger partial charge is 0.383 e. The molecule has 22 heavy (non-hydrogen) atoms. The Hall–Kier alpha value is -2.25. The lowest BCUT2D eigenvalue weighted by atomic mass is 10.1. The van der Waals surface area contributed by atoms with Crippen LogP contribution >= 0.6 is 11.3 Å². The molecule has 0 radical (unpaired) electrons. The van der Waals surface area contributed by atoms with Gasteiger partial charge < -0.3 is 15.4 Å². The predicted molar refractivity (Wildman–Crippen MR) is 85.1 cm³/mol. The summed E-state index contributed by atoms with van der Waals surface area (Å²) in [6.07, 6.45) is 0.274. The summed E-state index contributed by atoms with van der Waals surface area (Å²) < 4.78 is 4.85. The number of methoxy groups -OCH3 is 1. The average Bonchev–Trinajstić information content (AvgIpc) is 2.97. The highest BCUT2D eigenvalue weighted by Gasteiger charge is 2.12. The molecule has 0 saturated heterocycles. The Kier molecular flexibility index (Phi) is 6.05. The van der Waals surface area contributed by atoms with Crippen LogP contribution in [0.1, 0.15) is 16.1 Å². The van der Waals surface area contributed by atoms with E-state index in [0.29, 0.717) is 18.3 Å². The van der Waals surface area contributed by atoms with E-state index in [2.05, 4.69) is 15.6 Å². The van der Waals surface area contributed by atoms with Gasteiger partial charge in [-0.3, -0.25) is 9.59 Å². The van der Waals surface area contributed by atoms with Gasteiger partial charge in [0, 0.05) is 19.0 Å². The van der Waals surface area contributed by atoms with Crippen molar-refractivity contribution in [2.24, 2.45) is 0 Å². The molecule has 0 bridgehead atoms. The van der Waals surface area contributed by atoms with Crippen LogP contribution < -0.4 is 10.6 Å². The summed E-state index contributed by atoms with van der Waals surface area (Å²) in [5.74, 6) is -0.441. The Bertz CT molecular complexity index is 628. The smallest absolute Gasteiger partial charge is 0.270 e. The molecule has 0 atom stereocenters. The van der Waals surface area contributed by atoms with Gasteiger partial charge in [-0.05, 0) is 5.56 Å². The number of thiazole rings is 1. The van der Waals surface area contributed by atoms with E-state index in [1.54, 1.807) is 12.5 Å². The van der Waals surface area contributed by atoms with Gasteiger partial charge >= 0.3 is 0 Å². The molecule has 2 N–H and O–H groups in total. The topological polar surface area (TPSA) is 80.3 Å². The zero-order chi connectivity index (χ0) is 15.8. The Morgan fingerprint density at radius 3 is 2.77 bits per heavy atom. The first-order valence-electron chi connectivity index (χ1n) is 6.75. The fourth-order valence-electron chi connectivity index (χ4n) is 1.74. The van der Waals surface area contributed by atoms with Crippen molar-refractivity contribution in [2.75, 3.05) is 25.6 Å². The lowest BCUT2D eigenvalue weighted by Gasteiger charge is -2.02. The highest BCUT2D eigenvalue weighted by atomic mass is 32.1. The molecule has 0 saturated carbocycles. The van der Waals surface area contributed by atoms with Crippen molar-refractivity contribution in [3.63, 3.8) is 0 Å². The van der Waals surface area contributed by atoms with E-state index in [1.165, 1.54) is 11.3 Å². The Morgan fingerprint density at radius 2 is 2.05 bits per heavy atom. The van der Waals surface area contributed by atoms with Gasteiger partial charge in [0.1, 0.15) is 5.69 Å². The third kappa shape index (κ3) is 4.94. The lowest BCUT2D eigenvalue weighted by molar-refractivity contribution is -0.115. The number of amides is 2. The van der Waals surface area contributed by atoms with Crippen molar-refractivity contribution in [1.29, 1.82) is 0 Å². The monoisotopic (exact) mass is 319 g/mol. The number of benzene rings is 1. The van der Waals surface area contributed by atoms with Crippen LogP contribution in [-0.4, -0.2) is 37.1 Å². The number of carbonyl (C=O) groups is 2. The van der Waals surface area contributed by atoms with Gasteiger partial charge in [0.25, 0.3) is 5.91 Å². The molecular formula is C15H17N3O3S. The van der Waals surface area contributed by atoms with E-state index in [0.717, 1.165) is 5.56 Å². The van der Waals surface area contributed by atoms with E-state index in [-0.39, 0.29) is 23.9 Å². The molecule has 0 aliphatic carbocycles. The fraction of sp³-hybridized carbons (Fsp3) is 0.267. The maximum Gasteiger partial charge on any atom is 0.270 e. The molecule has 0 spiro atoms. The Balaban J connectivity index is 1.86. The molecule has 0 aliphatic heterocycles. The van der Waals surface area contributed by atoms with Crippen LogP contribution in [0.3, 0.4) is 0 Å². The summed E-state index contributed by atoms with van der Waals surface area (Å²) in [6, 6.07) is 9.44. The summed E-state index contributed by atoms with van der Waals surface area (Å²) >= 11 is 1.22. The first-order valence-corrected chi connectivity index (χ1v) is 7.63. The molecule has 0 fully saturated rings. The summed E-state index contributed by atoms with van der Waals surface area (Å²) in [4.78, 5) is 27.8. The number of hydrogen-bond acceptors (Lipinski definition) is 5. The van der Waals surface area contributed by atoms with Crippen molar-refractivity contribution < 1.29 is 14.3 Å². The van der Waals surface area contributed by atoms with E-state index in [1.807, 2.05) is 30.3 Å². The zero-order valence-corrected chi connectivity index (χ0v) is 13.0.